The summed E-state index contributed by atoms with van der Waals surface area (Å²) in [6.07, 6.45) is 1.78. The molecule has 1 aromatic carbocycles. The second-order valence-electron chi connectivity index (χ2n) is 2.04. The Hall–Kier alpha value is -1.28. The van der Waals surface area contributed by atoms with Crippen molar-refractivity contribution in [3.05, 3.63) is 66.0 Å². The van der Waals surface area contributed by atoms with E-state index in [9.17, 15) is 4.79 Å². The third-order valence-corrected chi connectivity index (χ3v) is 1.94. The van der Waals surface area contributed by atoms with Gasteiger partial charge in [-0.25, -0.2) is 12.1 Å². The molecule has 0 fully saturated rings. The molecule has 5 heteroatoms. The number of rotatable bonds is 1. The third kappa shape index (κ3) is 14.7. The Bertz CT molecular complexity index is 340. The van der Waals surface area contributed by atoms with Crippen LogP contribution in [0.3, 0.4) is 0 Å². The first-order chi connectivity index (χ1) is 7.93. The van der Waals surface area contributed by atoms with Gasteiger partial charge in [-0.3, -0.25) is 0 Å². The molecule has 0 saturated heterocycles. The fraction of sp³-hybridized carbons (Fsp3) is 0. The van der Waals surface area contributed by atoms with Gasteiger partial charge in [-0.1, -0.05) is 0 Å². The van der Waals surface area contributed by atoms with E-state index in [4.69, 9.17) is 9.30 Å². The van der Waals surface area contributed by atoms with Gasteiger partial charge in [0.2, 0.25) is 0 Å². The Morgan fingerprint density at radius 2 is 1.65 bits per heavy atom. The average molecular weight is 288 g/mol. The molecule has 1 aromatic heterocycles. The third-order valence-electron chi connectivity index (χ3n) is 1.18. The van der Waals surface area contributed by atoms with E-state index in [2.05, 4.69) is 13.3 Å². The van der Waals surface area contributed by atoms with E-state index < -0.39 is 0 Å². The Morgan fingerprint density at radius 3 is 1.82 bits per heavy atom. The van der Waals surface area contributed by atoms with E-state index in [1.54, 1.807) is 12.4 Å². The van der Waals surface area contributed by atoms with Crippen LogP contribution >= 0.6 is 11.3 Å². The van der Waals surface area contributed by atoms with Crippen molar-refractivity contribution in [3.63, 3.8) is 0 Å². The topological polar surface area (TPSA) is 56.9 Å². The molecule has 2 aromatic rings. The van der Waals surface area contributed by atoms with Gasteiger partial charge in [-0.05, 0) is 5.38 Å². The zero-order valence-corrected chi connectivity index (χ0v) is 10.5. The molecule has 0 radical (unpaired) electrons. The molecule has 0 saturated carbocycles. The zero-order valence-electron chi connectivity index (χ0n) is 8.61. The summed E-state index contributed by atoms with van der Waals surface area (Å²) in [5.74, 6) is 0. The molecule has 3 nitrogen and oxygen atoms in total. The predicted molar refractivity (Wildman–Crippen MR) is 59.0 cm³/mol. The van der Waals surface area contributed by atoms with Crippen LogP contribution in [-0.4, -0.2) is 6.29 Å². The van der Waals surface area contributed by atoms with Gasteiger partial charge in [0, 0.05) is 6.29 Å². The van der Waals surface area contributed by atoms with Crippen LogP contribution in [0.25, 0.3) is 0 Å². The molecule has 0 N–H and O–H groups in total. The second kappa shape index (κ2) is 20.2. The molecule has 1 heterocycles. The molecule has 84 valence electrons. The van der Waals surface area contributed by atoms with E-state index in [1.807, 2.05) is 41.8 Å². The molecule has 0 unspecified atom stereocenters. The summed E-state index contributed by atoms with van der Waals surface area (Å²) in [5, 5.41) is 1.85. The van der Waals surface area contributed by atoms with Crippen molar-refractivity contribution in [2.75, 3.05) is 0 Å². The average Bonchev–Trinajstić information content (AvgIpc) is 3.10. The van der Waals surface area contributed by atoms with E-state index in [0.717, 1.165) is 0 Å². The number of hydrogen-bond acceptors (Lipinski definition) is 2. The summed E-state index contributed by atoms with van der Waals surface area (Å²) in [6.45, 7) is 9.00. The van der Waals surface area contributed by atoms with Crippen molar-refractivity contribution < 1.29 is 31.2 Å². The quantitative estimate of drug-likeness (QED) is 0.452. The van der Waals surface area contributed by atoms with Crippen molar-refractivity contribution in [2.24, 2.45) is 0 Å². The first-order valence-electron chi connectivity index (χ1n) is 3.92. The SMILES string of the molecule is O=[C-]c1cccs1.[C-]#[O+].[C-]#[O+].[Fe+6].c1cc[cH-]c1. The smallest absolute Gasteiger partial charge is 0.214 e. The number of thiophene rings is 1. The fourth-order valence-corrected chi connectivity index (χ4v) is 1.17. The fourth-order valence-electron chi connectivity index (χ4n) is 0.657. The van der Waals surface area contributed by atoms with E-state index in [-0.39, 0.29) is 17.1 Å². The second-order valence-corrected chi connectivity index (χ2v) is 2.99. The molecule has 0 atom stereocenters. The largest absolute Gasteiger partial charge is 6.00 e. The molecular formula is C12H8FeO3S+4. The van der Waals surface area contributed by atoms with Gasteiger partial charge in [0.25, 0.3) is 0 Å². The van der Waals surface area contributed by atoms with Crippen LogP contribution in [-0.2, 0) is 31.2 Å². The van der Waals surface area contributed by atoms with Crippen molar-refractivity contribution in [2.45, 2.75) is 0 Å². The van der Waals surface area contributed by atoms with Crippen LogP contribution in [0.1, 0.15) is 4.88 Å². The Labute approximate surface area is 115 Å². The number of carbonyl (C=O) groups excluding carboxylic acids is 1. The van der Waals surface area contributed by atoms with Crippen molar-refractivity contribution in [1.82, 2.24) is 0 Å². The van der Waals surface area contributed by atoms with Crippen LogP contribution in [0, 0.1) is 13.3 Å². The van der Waals surface area contributed by atoms with Gasteiger partial charge in [0.05, 0.1) is 0 Å². The van der Waals surface area contributed by atoms with Crippen LogP contribution in [0.4, 0.5) is 0 Å². The summed E-state index contributed by atoms with van der Waals surface area (Å²) in [4.78, 5) is 10.4. The van der Waals surface area contributed by atoms with Crippen LogP contribution in [0.15, 0.2) is 47.8 Å². The van der Waals surface area contributed by atoms with Gasteiger partial charge in [-0.15, -0.1) is 10.9 Å². The molecule has 0 aliphatic rings. The molecule has 2 rings (SSSR count). The van der Waals surface area contributed by atoms with Gasteiger partial charge >= 0.3 is 39.7 Å². The molecular weight excluding hydrogens is 280 g/mol. The molecule has 0 amide bonds. The van der Waals surface area contributed by atoms with E-state index in [1.165, 1.54) is 11.3 Å². The normalized spacial score (nSPS) is 6.12. The standard InChI is InChI=1S/C5H3OS.C5H5.2CO.Fe/c6-4-5-2-1-3-7-5;1-2-4-5-3-1;2*1-2;/h1-3H;1-5H;;;/q2*-1;;;+6. The molecule has 17 heavy (non-hydrogen) atoms. The summed E-state index contributed by atoms with van der Waals surface area (Å²) >= 11 is 1.40. The van der Waals surface area contributed by atoms with Gasteiger partial charge < -0.3 is 4.79 Å². The zero-order chi connectivity index (χ0) is 12.6. The van der Waals surface area contributed by atoms with E-state index in [0.29, 0.717) is 4.88 Å². The van der Waals surface area contributed by atoms with Crippen molar-refractivity contribution in [3.8, 4) is 0 Å². The van der Waals surface area contributed by atoms with Crippen LogP contribution in [0.5, 0.6) is 0 Å². The monoisotopic (exact) mass is 288 g/mol. The minimum Gasteiger partial charge on any atom is -0.214 e. The minimum absolute atomic E-state index is 0. The van der Waals surface area contributed by atoms with Crippen molar-refractivity contribution >= 4 is 17.6 Å². The molecule has 0 aliphatic carbocycles. The predicted octanol–water partition coefficient (Wildman–Crippen LogP) is 2.53. The van der Waals surface area contributed by atoms with Gasteiger partial charge in [0.15, 0.2) is 0 Å². The Kier molecular flexibility index (Phi) is 25.0. The number of hydrogen-bond donors (Lipinski definition) is 0. The first kappa shape index (κ1) is 21.1. The molecule has 0 aliphatic heterocycles. The molecule has 0 bridgehead atoms. The summed E-state index contributed by atoms with van der Waals surface area (Å²) in [6, 6.07) is 13.6. The van der Waals surface area contributed by atoms with Gasteiger partial charge in [-0.2, -0.15) is 35.6 Å². The van der Waals surface area contributed by atoms with Crippen LogP contribution in [0.2, 0.25) is 0 Å². The Morgan fingerprint density at radius 1 is 1.12 bits per heavy atom. The van der Waals surface area contributed by atoms with Crippen LogP contribution < -0.4 is 0 Å². The maximum atomic E-state index is 9.75. The summed E-state index contributed by atoms with van der Waals surface area (Å²) in [7, 11) is 0. The minimum atomic E-state index is 0. The Balaban J connectivity index is -0.000000175. The maximum absolute atomic E-state index is 9.75. The molecule has 0 spiro atoms. The maximum Gasteiger partial charge on any atom is 6.00 e. The first-order valence-corrected chi connectivity index (χ1v) is 4.80. The van der Waals surface area contributed by atoms with E-state index >= 15 is 0 Å². The van der Waals surface area contributed by atoms with Gasteiger partial charge in [0.1, 0.15) is 0 Å². The summed E-state index contributed by atoms with van der Waals surface area (Å²) < 4.78 is 15.0. The summed E-state index contributed by atoms with van der Waals surface area (Å²) in [5.41, 5.74) is 0. The van der Waals surface area contributed by atoms with Crippen molar-refractivity contribution in [1.29, 1.82) is 0 Å².